The van der Waals surface area contributed by atoms with Crippen LogP contribution in [0.3, 0.4) is 0 Å². The second-order valence-electron chi connectivity index (χ2n) is 4.43. The molecule has 2 aromatic carbocycles. The van der Waals surface area contributed by atoms with E-state index in [2.05, 4.69) is 9.97 Å². The van der Waals surface area contributed by atoms with Crippen LogP contribution in [0.2, 0.25) is 0 Å². The van der Waals surface area contributed by atoms with Crippen LogP contribution in [0, 0.1) is 5.41 Å². The number of benzene rings is 2. The minimum Gasteiger partial charge on any atom is -0.284 e. The normalized spacial score (nSPS) is 11.4. The Labute approximate surface area is 108 Å². The van der Waals surface area contributed by atoms with Crippen LogP contribution < -0.4 is 5.49 Å². The second-order valence-corrected chi connectivity index (χ2v) is 4.43. The fourth-order valence-corrected chi connectivity index (χ4v) is 2.42. The first kappa shape index (κ1) is 10.2. The Hall–Kier alpha value is -2.75. The summed E-state index contributed by atoms with van der Waals surface area (Å²) in [5.74, 6) is 0. The minimum absolute atomic E-state index is 0.298. The molecule has 4 nitrogen and oxygen atoms in total. The molecule has 2 heterocycles. The molecule has 0 atom stereocenters. The molecule has 4 rings (SSSR count). The lowest BCUT2D eigenvalue weighted by molar-refractivity contribution is 1.06. The van der Waals surface area contributed by atoms with Crippen LogP contribution >= 0.6 is 0 Å². The standard InChI is InChI=1S/C15H10N4/c16-14-11-6-2-4-8-13(11)19-9-17-12-7-3-1-5-10(12)15(19)18-14/h1-9,16H. The average molecular weight is 246 g/mol. The molecule has 0 aliphatic heterocycles. The molecular formula is C15H10N4. The average Bonchev–Trinajstić information content (AvgIpc) is 2.47. The third kappa shape index (κ3) is 1.37. The Kier molecular flexibility index (Phi) is 1.94. The van der Waals surface area contributed by atoms with Gasteiger partial charge in [0.05, 0.1) is 11.0 Å². The number of hydrogen-bond donors (Lipinski definition) is 1. The zero-order valence-corrected chi connectivity index (χ0v) is 10.0. The summed E-state index contributed by atoms with van der Waals surface area (Å²) < 4.78 is 1.94. The largest absolute Gasteiger partial charge is 0.284 e. The van der Waals surface area contributed by atoms with E-state index >= 15 is 0 Å². The van der Waals surface area contributed by atoms with Crippen molar-refractivity contribution in [2.45, 2.75) is 0 Å². The molecular weight excluding hydrogens is 236 g/mol. The van der Waals surface area contributed by atoms with Crippen molar-refractivity contribution in [3.63, 3.8) is 0 Å². The van der Waals surface area contributed by atoms with Gasteiger partial charge in [0.25, 0.3) is 0 Å². The van der Waals surface area contributed by atoms with Crippen LogP contribution in [-0.2, 0) is 0 Å². The fraction of sp³-hybridized carbons (Fsp3) is 0. The molecule has 0 spiro atoms. The first-order chi connectivity index (χ1) is 9.34. The van der Waals surface area contributed by atoms with Crippen LogP contribution in [0.4, 0.5) is 0 Å². The van der Waals surface area contributed by atoms with Crippen molar-refractivity contribution >= 4 is 27.5 Å². The lowest BCUT2D eigenvalue weighted by Crippen LogP contribution is -2.11. The molecule has 1 N–H and O–H groups in total. The van der Waals surface area contributed by atoms with Gasteiger partial charge < -0.3 is 0 Å². The third-order valence-corrected chi connectivity index (χ3v) is 3.32. The van der Waals surface area contributed by atoms with Crippen molar-refractivity contribution < 1.29 is 0 Å². The summed E-state index contributed by atoms with van der Waals surface area (Å²) in [6, 6.07) is 15.6. The van der Waals surface area contributed by atoms with Crippen LogP contribution in [-0.4, -0.2) is 14.4 Å². The maximum Gasteiger partial charge on any atom is 0.156 e. The molecule has 0 unspecified atom stereocenters. The zero-order valence-electron chi connectivity index (χ0n) is 10.0. The molecule has 0 bridgehead atoms. The number of hydrogen-bond acceptors (Lipinski definition) is 3. The highest BCUT2D eigenvalue weighted by Gasteiger charge is 2.06. The first-order valence-electron chi connectivity index (χ1n) is 6.04. The highest BCUT2D eigenvalue weighted by atomic mass is 15.0. The van der Waals surface area contributed by atoms with Gasteiger partial charge in [-0.25, -0.2) is 9.97 Å². The molecule has 4 heteroatoms. The van der Waals surface area contributed by atoms with Gasteiger partial charge in [0.15, 0.2) is 5.49 Å². The molecule has 0 aliphatic rings. The van der Waals surface area contributed by atoms with Gasteiger partial charge in [-0.1, -0.05) is 24.3 Å². The van der Waals surface area contributed by atoms with Crippen LogP contribution in [0.25, 0.3) is 27.5 Å². The van der Waals surface area contributed by atoms with E-state index in [9.17, 15) is 0 Å². The lowest BCUT2D eigenvalue weighted by atomic mass is 10.2. The molecule has 0 saturated heterocycles. The Balaban J connectivity index is 2.37. The smallest absolute Gasteiger partial charge is 0.156 e. The number of nitrogens with zero attached hydrogens (tertiary/aromatic N) is 3. The Morgan fingerprint density at radius 3 is 2.53 bits per heavy atom. The van der Waals surface area contributed by atoms with Crippen molar-refractivity contribution in [3.8, 4) is 0 Å². The van der Waals surface area contributed by atoms with Crippen LogP contribution in [0.1, 0.15) is 0 Å². The van der Waals surface area contributed by atoms with Crippen molar-refractivity contribution in [1.29, 1.82) is 5.41 Å². The molecule has 0 radical (unpaired) electrons. The second kappa shape index (κ2) is 3.62. The van der Waals surface area contributed by atoms with E-state index in [0.717, 1.165) is 27.5 Å². The fourth-order valence-electron chi connectivity index (χ4n) is 2.42. The summed E-state index contributed by atoms with van der Waals surface area (Å²) >= 11 is 0. The van der Waals surface area contributed by atoms with Crippen LogP contribution in [0.15, 0.2) is 54.9 Å². The monoisotopic (exact) mass is 246 g/mol. The number of nitrogens with one attached hydrogen (secondary N) is 1. The molecule has 0 saturated carbocycles. The summed E-state index contributed by atoms with van der Waals surface area (Å²) in [4.78, 5) is 8.87. The van der Waals surface area contributed by atoms with Gasteiger partial charge >= 0.3 is 0 Å². The van der Waals surface area contributed by atoms with E-state index in [1.807, 2.05) is 52.9 Å². The topological polar surface area (TPSA) is 54.0 Å². The van der Waals surface area contributed by atoms with E-state index in [-0.39, 0.29) is 0 Å². The maximum absolute atomic E-state index is 8.08. The van der Waals surface area contributed by atoms with Gasteiger partial charge in [-0.2, -0.15) is 0 Å². The highest BCUT2D eigenvalue weighted by molar-refractivity contribution is 5.93. The molecule has 0 fully saturated rings. The van der Waals surface area contributed by atoms with E-state index in [0.29, 0.717) is 5.49 Å². The molecule has 0 aliphatic carbocycles. The van der Waals surface area contributed by atoms with Crippen molar-refractivity contribution in [2.75, 3.05) is 0 Å². The minimum atomic E-state index is 0.298. The number of para-hydroxylation sites is 2. The number of rotatable bonds is 0. The van der Waals surface area contributed by atoms with Gasteiger partial charge in [-0.05, 0) is 24.3 Å². The Bertz CT molecular complexity index is 985. The van der Waals surface area contributed by atoms with Gasteiger partial charge in [-0.3, -0.25) is 9.81 Å². The lowest BCUT2D eigenvalue weighted by Gasteiger charge is -2.07. The van der Waals surface area contributed by atoms with Crippen molar-refractivity contribution in [1.82, 2.24) is 14.4 Å². The molecule has 0 amide bonds. The molecule has 19 heavy (non-hydrogen) atoms. The van der Waals surface area contributed by atoms with Gasteiger partial charge in [0.1, 0.15) is 12.0 Å². The van der Waals surface area contributed by atoms with E-state index in [4.69, 9.17) is 5.41 Å². The summed E-state index contributed by atoms with van der Waals surface area (Å²) in [7, 11) is 0. The quantitative estimate of drug-likeness (QED) is 0.485. The molecule has 90 valence electrons. The SMILES string of the molecule is N=c1nc2c3ccccc3ncn2c2ccccc12. The number of fused-ring (bicyclic) bond motifs is 5. The van der Waals surface area contributed by atoms with Crippen LogP contribution in [0.5, 0.6) is 0 Å². The molecule has 4 aromatic rings. The summed E-state index contributed by atoms with van der Waals surface area (Å²) in [5, 5.41) is 9.87. The zero-order chi connectivity index (χ0) is 12.8. The summed E-state index contributed by atoms with van der Waals surface area (Å²) in [6.07, 6.45) is 1.77. The number of aromatic nitrogens is 3. The van der Waals surface area contributed by atoms with E-state index in [1.54, 1.807) is 6.33 Å². The van der Waals surface area contributed by atoms with Crippen molar-refractivity contribution in [2.24, 2.45) is 0 Å². The third-order valence-electron chi connectivity index (χ3n) is 3.32. The van der Waals surface area contributed by atoms with Gasteiger partial charge in [-0.15, -0.1) is 0 Å². The predicted molar refractivity (Wildman–Crippen MR) is 73.9 cm³/mol. The van der Waals surface area contributed by atoms with Gasteiger partial charge in [0, 0.05) is 10.8 Å². The maximum atomic E-state index is 8.08. The molecule has 2 aromatic heterocycles. The van der Waals surface area contributed by atoms with Gasteiger partial charge in [0.2, 0.25) is 0 Å². The first-order valence-corrected chi connectivity index (χ1v) is 6.04. The van der Waals surface area contributed by atoms with E-state index in [1.165, 1.54) is 0 Å². The Morgan fingerprint density at radius 2 is 1.63 bits per heavy atom. The predicted octanol–water partition coefficient (Wildman–Crippen LogP) is 2.52. The Morgan fingerprint density at radius 1 is 0.895 bits per heavy atom. The summed E-state index contributed by atoms with van der Waals surface area (Å²) in [5.41, 5.74) is 2.92. The van der Waals surface area contributed by atoms with E-state index < -0.39 is 0 Å². The van der Waals surface area contributed by atoms with Crippen molar-refractivity contribution in [3.05, 3.63) is 60.3 Å². The highest BCUT2D eigenvalue weighted by Crippen LogP contribution is 2.18. The summed E-state index contributed by atoms with van der Waals surface area (Å²) in [6.45, 7) is 0.